The van der Waals surface area contributed by atoms with Crippen LogP contribution in [0, 0.1) is 12.8 Å². The lowest BCUT2D eigenvalue weighted by Gasteiger charge is -2.31. The van der Waals surface area contributed by atoms with Crippen molar-refractivity contribution in [1.29, 1.82) is 0 Å². The van der Waals surface area contributed by atoms with E-state index in [-0.39, 0.29) is 11.9 Å². The summed E-state index contributed by atoms with van der Waals surface area (Å²) >= 11 is 0. The Balaban J connectivity index is 2.01. The van der Waals surface area contributed by atoms with Crippen LogP contribution in [-0.2, 0) is 9.53 Å². The number of piperidine rings is 1. The zero-order valence-electron chi connectivity index (χ0n) is 10.8. The predicted molar refractivity (Wildman–Crippen MR) is 70.3 cm³/mol. The van der Waals surface area contributed by atoms with Gasteiger partial charge in [0.1, 0.15) is 5.82 Å². The molecule has 0 aromatic carbocycles. The summed E-state index contributed by atoms with van der Waals surface area (Å²) in [4.78, 5) is 18.1. The Hall–Kier alpha value is -1.78. The molecule has 98 valence electrons. The molecular weight excluding hydrogens is 230 g/mol. The van der Waals surface area contributed by atoms with E-state index < -0.39 is 0 Å². The number of hydrogen-bond acceptors (Lipinski definition) is 5. The first kappa shape index (κ1) is 12.7. The Morgan fingerprint density at radius 2 is 2.11 bits per heavy atom. The summed E-state index contributed by atoms with van der Waals surface area (Å²) in [6.07, 6.45) is 1.63. The molecule has 1 aromatic rings. The molecule has 2 N–H and O–H groups in total. The first-order chi connectivity index (χ1) is 8.61. The molecule has 0 bridgehead atoms. The van der Waals surface area contributed by atoms with Crippen molar-refractivity contribution in [2.45, 2.75) is 19.8 Å². The van der Waals surface area contributed by atoms with Crippen molar-refractivity contribution in [3.8, 4) is 0 Å². The Kier molecular flexibility index (Phi) is 3.69. The van der Waals surface area contributed by atoms with Gasteiger partial charge < -0.3 is 15.4 Å². The minimum atomic E-state index is -0.101. The van der Waals surface area contributed by atoms with Crippen molar-refractivity contribution >= 4 is 17.5 Å². The number of anilines is 2. The summed E-state index contributed by atoms with van der Waals surface area (Å²) in [6.45, 7) is 3.56. The average Bonchev–Trinajstić information content (AvgIpc) is 2.41. The van der Waals surface area contributed by atoms with E-state index in [1.807, 2.05) is 19.1 Å². The number of hydrogen-bond donors (Lipinski definition) is 1. The molecule has 0 radical (unpaired) electrons. The number of carbonyl (C=O) groups is 1. The van der Waals surface area contributed by atoms with E-state index in [9.17, 15) is 4.79 Å². The van der Waals surface area contributed by atoms with Gasteiger partial charge in [0.25, 0.3) is 0 Å². The van der Waals surface area contributed by atoms with Gasteiger partial charge in [0.2, 0.25) is 0 Å². The van der Waals surface area contributed by atoms with E-state index in [4.69, 9.17) is 10.5 Å². The van der Waals surface area contributed by atoms with E-state index >= 15 is 0 Å². The molecule has 5 nitrogen and oxygen atoms in total. The second kappa shape index (κ2) is 5.25. The Morgan fingerprint density at radius 3 is 2.67 bits per heavy atom. The lowest BCUT2D eigenvalue weighted by molar-refractivity contribution is -0.146. The number of ether oxygens (including phenoxy) is 1. The van der Waals surface area contributed by atoms with Gasteiger partial charge in [-0.15, -0.1) is 0 Å². The molecule has 1 aromatic heterocycles. The molecule has 0 spiro atoms. The molecule has 18 heavy (non-hydrogen) atoms. The van der Waals surface area contributed by atoms with Crippen LogP contribution in [0.15, 0.2) is 12.1 Å². The number of rotatable bonds is 2. The molecule has 1 fully saturated rings. The fraction of sp³-hybridized carbons (Fsp3) is 0.538. The highest BCUT2D eigenvalue weighted by Gasteiger charge is 2.26. The molecule has 0 aliphatic carbocycles. The second-order valence-corrected chi connectivity index (χ2v) is 4.63. The van der Waals surface area contributed by atoms with Crippen LogP contribution in [0.4, 0.5) is 11.5 Å². The van der Waals surface area contributed by atoms with Gasteiger partial charge in [-0.3, -0.25) is 4.79 Å². The van der Waals surface area contributed by atoms with Gasteiger partial charge in [0.05, 0.1) is 24.4 Å². The summed E-state index contributed by atoms with van der Waals surface area (Å²) < 4.78 is 4.78. The van der Waals surface area contributed by atoms with Crippen LogP contribution in [-0.4, -0.2) is 31.2 Å². The normalized spacial score (nSPS) is 16.7. The van der Waals surface area contributed by atoms with Crippen molar-refractivity contribution < 1.29 is 9.53 Å². The van der Waals surface area contributed by atoms with Gasteiger partial charge in [-0.25, -0.2) is 4.98 Å². The molecule has 2 heterocycles. The van der Waals surface area contributed by atoms with Crippen LogP contribution in [0.3, 0.4) is 0 Å². The zero-order chi connectivity index (χ0) is 13.1. The quantitative estimate of drug-likeness (QED) is 0.801. The molecule has 1 aliphatic rings. The standard InChI is InChI=1S/C13H19N3O2/c1-9-11(14)3-4-12(15-9)16-7-5-10(6-8-16)13(17)18-2/h3-4,10H,5-8,14H2,1-2H3. The topological polar surface area (TPSA) is 68.5 Å². The predicted octanol–water partition coefficient (Wildman–Crippen LogP) is 1.36. The molecule has 0 amide bonds. The van der Waals surface area contributed by atoms with Gasteiger partial charge >= 0.3 is 5.97 Å². The summed E-state index contributed by atoms with van der Waals surface area (Å²) in [7, 11) is 1.44. The zero-order valence-corrected chi connectivity index (χ0v) is 10.8. The fourth-order valence-electron chi connectivity index (χ4n) is 2.25. The molecule has 1 aliphatic heterocycles. The lowest BCUT2D eigenvalue weighted by atomic mass is 9.97. The molecule has 0 atom stereocenters. The van der Waals surface area contributed by atoms with Crippen LogP contribution in [0.5, 0.6) is 0 Å². The average molecular weight is 249 g/mol. The number of esters is 1. The van der Waals surface area contributed by atoms with Crippen LogP contribution in [0.1, 0.15) is 18.5 Å². The highest BCUT2D eigenvalue weighted by molar-refractivity contribution is 5.72. The molecule has 0 saturated carbocycles. The number of aromatic nitrogens is 1. The summed E-state index contributed by atoms with van der Waals surface area (Å²) in [6, 6.07) is 3.81. The van der Waals surface area contributed by atoms with Crippen molar-refractivity contribution in [2.24, 2.45) is 5.92 Å². The maximum atomic E-state index is 11.4. The van der Waals surface area contributed by atoms with Crippen molar-refractivity contribution in [3.05, 3.63) is 17.8 Å². The number of aryl methyl sites for hydroxylation is 1. The van der Waals surface area contributed by atoms with E-state index in [0.717, 1.165) is 37.4 Å². The molecule has 0 unspecified atom stereocenters. The first-order valence-corrected chi connectivity index (χ1v) is 6.17. The fourth-order valence-corrected chi connectivity index (χ4v) is 2.25. The summed E-state index contributed by atoms with van der Waals surface area (Å²) in [5, 5.41) is 0. The lowest BCUT2D eigenvalue weighted by Crippen LogP contribution is -2.37. The smallest absolute Gasteiger partial charge is 0.308 e. The minimum Gasteiger partial charge on any atom is -0.469 e. The third-order valence-corrected chi connectivity index (χ3v) is 3.47. The van der Waals surface area contributed by atoms with Crippen molar-refractivity contribution in [1.82, 2.24) is 4.98 Å². The number of methoxy groups -OCH3 is 1. The summed E-state index contributed by atoms with van der Waals surface area (Å²) in [5.74, 6) is 0.863. The minimum absolute atomic E-state index is 0.0288. The van der Waals surface area contributed by atoms with Crippen LogP contribution in [0.25, 0.3) is 0 Å². The van der Waals surface area contributed by atoms with Crippen LogP contribution < -0.4 is 10.6 Å². The highest BCUT2D eigenvalue weighted by Crippen LogP contribution is 2.23. The van der Waals surface area contributed by atoms with E-state index in [2.05, 4.69) is 9.88 Å². The third kappa shape index (κ3) is 2.55. The van der Waals surface area contributed by atoms with Gasteiger partial charge in [-0.1, -0.05) is 0 Å². The Bertz CT molecular complexity index is 440. The maximum absolute atomic E-state index is 11.4. The molecule has 5 heteroatoms. The van der Waals surface area contributed by atoms with Gasteiger partial charge in [0.15, 0.2) is 0 Å². The highest BCUT2D eigenvalue weighted by atomic mass is 16.5. The largest absolute Gasteiger partial charge is 0.469 e. The third-order valence-electron chi connectivity index (χ3n) is 3.47. The molecule has 1 saturated heterocycles. The van der Waals surface area contributed by atoms with Crippen LogP contribution >= 0.6 is 0 Å². The number of pyridine rings is 1. The van der Waals surface area contributed by atoms with Crippen molar-refractivity contribution in [3.63, 3.8) is 0 Å². The van der Waals surface area contributed by atoms with E-state index in [1.54, 1.807) is 0 Å². The number of nitrogens with zero attached hydrogens (tertiary/aromatic N) is 2. The number of carbonyl (C=O) groups excluding carboxylic acids is 1. The Labute approximate surface area is 107 Å². The van der Waals surface area contributed by atoms with E-state index in [0.29, 0.717) is 5.69 Å². The summed E-state index contributed by atoms with van der Waals surface area (Å²) in [5.41, 5.74) is 7.32. The SMILES string of the molecule is COC(=O)C1CCN(c2ccc(N)c(C)n2)CC1. The van der Waals surface area contributed by atoms with Crippen molar-refractivity contribution in [2.75, 3.05) is 30.8 Å². The number of nitrogens with two attached hydrogens (primary N) is 1. The van der Waals surface area contributed by atoms with Crippen LogP contribution in [0.2, 0.25) is 0 Å². The molecular formula is C13H19N3O2. The maximum Gasteiger partial charge on any atom is 0.308 e. The molecule has 2 rings (SSSR count). The Morgan fingerprint density at radius 1 is 1.44 bits per heavy atom. The van der Waals surface area contributed by atoms with Gasteiger partial charge in [-0.05, 0) is 31.9 Å². The van der Waals surface area contributed by atoms with Gasteiger partial charge in [-0.2, -0.15) is 0 Å². The van der Waals surface area contributed by atoms with E-state index in [1.165, 1.54) is 7.11 Å². The monoisotopic (exact) mass is 249 g/mol. The second-order valence-electron chi connectivity index (χ2n) is 4.63. The first-order valence-electron chi connectivity index (χ1n) is 6.17. The number of nitrogen functional groups attached to an aromatic ring is 1. The van der Waals surface area contributed by atoms with Gasteiger partial charge in [0, 0.05) is 13.1 Å².